The molecule has 0 spiro atoms. The molecule has 0 fully saturated rings. The van der Waals surface area contributed by atoms with Gasteiger partial charge >= 0.3 is 0 Å². The van der Waals surface area contributed by atoms with E-state index in [9.17, 15) is 13.2 Å². The molecular weight excluding hydrogens is 470 g/mol. The van der Waals surface area contributed by atoms with Crippen LogP contribution < -0.4 is 10.5 Å². The van der Waals surface area contributed by atoms with Crippen molar-refractivity contribution >= 4 is 39.3 Å². The predicted molar refractivity (Wildman–Crippen MR) is 126 cm³/mol. The van der Waals surface area contributed by atoms with Crippen molar-refractivity contribution in [1.29, 1.82) is 0 Å². The van der Waals surface area contributed by atoms with E-state index in [4.69, 9.17) is 16.7 Å². The van der Waals surface area contributed by atoms with Crippen molar-refractivity contribution < 1.29 is 13.2 Å². The average molecular weight is 492 g/mol. The minimum absolute atomic E-state index is 0.0586. The van der Waals surface area contributed by atoms with E-state index in [-0.39, 0.29) is 16.6 Å². The molecule has 0 saturated heterocycles. The summed E-state index contributed by atoms with van der Waals surface area (Å²) in [4.78, 5) is 12.3. The number of hydrogen-bond acceptors (Lipinski definition) is 6. The average Bonchev–Trinajstić information content (AvgIpc) is 3.15. The second-order valence-electron chi connectivity index (χ2n) is 6.79. The molecule has 0 atom stereocenters. The third-order valence-corrected chi connectivity index (χ3v) is 6.60. The number of nitrogens with one attached hydrogen (secondary N) is 1. The Morgan fingerprint density at radius 2 is 1.84 bits per heavy atom. The molecule has 1 amide bonds. The number of nitrogens with two attached hydrogens (primary N) is 1. The third kappa shape index (κ3) is 6.42. The molecule has 3 aromatic rings. The Morgan fingerprint density at radius 1 is 1.16 bits per heavy atom. The summed E-state index contributed by atoms with van der Waals surface area (Å²) in [5.74, 6) is 0.713. The van der Waals surface area contributed by atoms with Crippen LogP contribution in [0.15, 0.2) is 71.2 Å². The molecule has 2 aromatic carbocycles. The highest BCUT2D eigenvalue weighted by atomic mass is 35.5. The van der Waals surface area contributed by atoms with Gasteiger partial charge in [-0.3, -0.25) is 9.36 Å². The van der Waals surface area contributed by atoms with Crippen LogP contribution in [0, 0.1) is 0 Å². The number of hydrogen-bond donors (Lipinski definition) is 2. The monoisotopic (exact) mass is 491 g/mol. The Kier molecular flexibility index (Phi) is 8.08. The summed E-state index contributed by atoms with van der Waals surface area (Å²) in [6.45, 7) is 4.71. The zero-order valence-corrected chi connectivity index (χ0v) is 19.5. The van der Waals surface area contributed by atoms with Crippen LogP contribution in [0.5, 0.6) is 0 Å². The maximum Gasteiger partial charge on any atom is 0.238 e. The molecule has 0 bridgehead atoms. The zero-order chi connectivity index (χ0) is 23.1. The van der Waals surface area contributed by atoms with E-state index in [1.807, 2.05) is 16.7 Å². The number of benzene rings is 2. The van der Waals surface area contributed by atoms with Gasteiger partial charge in [0, 0.05) is 23.7 Å². The number of allylic oxidation sites excluding steroid dienone is 1. The number of carbonyl (C=O) groups is 1. The lowest BCUT2D eigenvalue weighted by Gasteiger charge is -2.08. The number of aromatic nitrogens is 3. The van der Waals surface area contributed by atoms with Crippen LogP contribution in [0.2, 0.25) is 5.02 Å². The van der Waals surface area contributed by atoms with E-state index in [0.717, 1.165) is 11.1 Å². The van der Waals surface area contributed by atoms with E-state index in [1.165, 1.54) is 23.9 Å². The molecule has 3 rings (SSSR count). The van der Waals surface area contributed by atoms with Gasteiger partial charge in [0.25, 0.3) is 0 Å². The number of nitrogens with zero attached hydrogens (tertiary/aromatic N) is 3. The van der Waals surface area contributed by atoms with Gasteiger partial charge in [-0.15, -0.1) is 16.8 Å². The molecule has 0 aliphatic rings. The van der Waals surface area contributed by atoms with Crippen LogP contribution in [-0.4, -0.2) is 41.4 Å². The first-order chi connectivity index (χ1) is 15.3. The maximum absolute atomic E-state index is 12.3. The number of primary sulfonamides is 1. The molecule has 1 heterocycles. The lowest BCUT2D eigenvalue weighted by molar-refractivity contribution is -0.118. The van der Waals surface area contributed by atoms with E-state index >= 15 is 0 Å². The molecule has 168 valence electrons. The van der Waals surface area contributed by atoms with E-state index in [1.54, 1.807) is 30.3 Å². The fourth-order valence-electron chi connectivity index (χ4n) is 2.87. The summed E-state index contributed by atoms with van der Waals surface area (Å²) in [7, 11) is -3.71. The van der Waals surface area contributed by atoms with Crippen molar-refractivity contribution in [3.8, 4) is 11.4 Å². The molecule has 1 aromatic heterocycles. The normalized spacial score (nSPS) is 11.3. The highest BCUT2D eigenvalue weighted by molar-refractivity contribution is 7.99. The van der Waals surface area contributed by atoms with Gasteiger partial charge in [0.05, 0.1) is 10.6 Å². The van der Waals surface area contributed by atoms with Gasteiger partial charge in [-0.05, 0) is 48.4 Å². The molecule has 0 aliphatic carbocycles. The van der Waals surface area contributed by atoms with Gasteiger partial charge in [-0.25, -0.2) is 13.6 Å². The molecular formula is C21H22ClN5O3S2. The SMILES string of the molecule is C=CCn1c(SCC(=O)NCCc2ccc(S(N)(=O)=O)cc2)nnc1-c1ccc(Cl)cc1. The fourth-order valence-corrected chi connectivity index (χ4v) is 4.29. The van der Waals surface area contributed by atoms with Crippen molar-refractivity contribution in [1.82, 2.24) is 20.1 Å². The predicted octanol–water partition coefficient (Wildman–Crippen LogP) is 2.88. The van der Waals surface area contributed by atoms with Crippen LogP contribution in [0.4, 0.5) is 0 Å². The molecule has 0 unspecified atom stereocenters. The number of halogens is 1. The third-order valence-electron chi connectivity index (χ3n) is 4.45. The molecule has 8 nitrogen and oxygen atoms in total. The summed E-state index contributed by atoms with van der Waals surface area (Å²) in [5, 5.41) is 17.7. The Balaban J connectivity index is 1.54. The minimum atomic E-state index is -3.71. The number of thioether (sulfide) groups is 1. The Bertz CT molecular complexity index is 1190. The lowest BCUT2D eigenvalue weighted by Crippen LogP contribution is -2.27. The smallest absolute Gasteiger partial charge is 0.238 e. The lowest BCUT2D eigenvalue weighted by atomic mass is 10.1. The maximum atomic E-state index is 12.3. The molecule has 0 aliphatic heterocycles. The Morgan fingerprint density at radius 3 is 2.47 bits per heavy atom. The first-order valence-electron chi connectivity index (χ1n) is 9.59. The van der Waals surface area contributed by atoms with Gasteiger partial charge in [0.1, 0.15) is 0 Å². The molecule has 11 heteroatoms. The standard InChI is InChI=1S/C21H22ClN5O3S2/c1-2-13-27-20(16-5-7-17(22)8-6-16)25-26-21(27)31-14-19(28)24-12-11-15-3-9-18(10-4-15)32(23,29)30/h2-10H,1,11-14H2,(H,24,28)(H2,23,29,30). The van der Waals surface area contributed by atoms with Crippen molar-refractivity contribution in [2.24, 2.45) is 5.14 Å². The van der Waals surface area contributed by atoms with E-state index in [2.05, 4.69) is 22.1 Å². The van der Waals surface area contributed by atoms with Crippen LogP contribution in [0.25, 0.3) is 11.4 Å². The van der Waals surface area contributed by atoms with Crippen molar-refractivity contribution in [3.63, 3.8) is 0 Å². The Labute approximate surface area is 195 Å². The highest BCUT2D eigenvalue weighted by Gasteiger charge is 2.15. The number of carbonyl (C=O) groups excluding carboxylic acids is 1. The summed E-state index contributed by atoms with van der Waals surface area (Å²) < 4.78 is 24.5. The summed E-state index contributed by atoms with van der Waals surface area (Å²) in [5.41, 5.74) is 1.76. The number of amides is 1. The van der Waals surface area contributed by atoms with Crippen LogP contribution in [-0.2, 0) is 27.8 Å². The van der Waals surface area contributed by atoms with Crippen molar-refractivity contribution in [2.75, 3.05) is 12.3 Å². The van der Waals surface area contributed by atoms with Gasteiger partial charge < -0.3 is 5.32 Å². The second kappa shape index (κ2) is 10.8. The summed E-state index contributed by atoms with van der Waals surface area (Å²) >= 11 is 7.25. The highest BCUT2D eigenvalue weighted by Crippen LogP contribution is 2.25. The topological polar surface area (TPSA) is 120 Å². The second-order valence-corrected chi connectivity index (χ2v) is 9.73. The first kappa shape index (κ1) is 24.0. The number of sulfonamides is 1. The van der Waals surface area contributed by atoms with Crippen molar-refractivity contribution in [2.45, 2.75) is 23.0 Å². The quantitative estimate of drug-likeness (QED) is 0.332. The fraction of sp³-hybridized carbons (Fsp3) is 0.190. The molecule has 32 heavy (non-hydrogen) atoms. The van der Waals surface area contributed by atoms with E-state index < -0.39 is 10.0 Å². The van der Waals surface area contributed by atoms with Gasteiger partial charge in [0.2, 0.25) is 15.9 Å². The first-order valence-corrected chi connectivity index (χ1v) is 12.5. The van der Waals surface area contributed by atoms with Crippen LogP contribution in [0.3, 0.4) is 0 Å². The van der Waals surface area contributed by atoms with Crippen LogP contribution >= 0.6 is 23.4 Å². The summed E-state index contributed by atoms with van der Waals surface area (Å²) in [6, 6.07) is 13.6. The largest absolute Gasteiger partial charge is 0.355 e. The minimum Gasteiger partial charge on any atom is -0.355 e. The van der Waals surface area contributed by atoms with Gasteiger partial charge in [-0.2, -0.15) is 0 Å². The zero-order valence-electron chi connectivity index (χ0n) is 17.1. The molecule has 0 radical (unpaired) electrons. The van der Waals surface area contributed by atoms with Crippen LogP contribution in [0.1, 0.15) is 5.56 Å². The Hall–Kier alpha value is -2.66. The molecule has 0 saturated carbocycles. The van der Waals surface area contributed by atoms with E-state index in [0.29, 0.717) is 35.5 Å². The number of rotatable bonds is 10. The molecule has 3 N–H and O–H groups in total. The van der Waals surface area contributed by atoms with Crippen molar-refractivity contribution in [3.05, 3.63) is 71.8 Å². The summed E-state index contributed by atoms with van der Waals surface area (Å²) in [6.07, 6.45) is 2.31. The van der Waals surface area contributed by atoms with Gasteiger partial charge in [-0.1, -0.05) is 41.6 Å². The van der Waals surface area contributed by atoms with Gasteiger partial charge in [0.15, 0.2) is 11.0 Å².